The molecule has 1 aromatic heterocycles. The van der Waals surface area contributed by atoms with Crippen LogP contribution in [0.4, 0.5) is 0 Å². The van der Waals surface area contributed by atoms with Crippen LogP contribution in [0.5, 0.6) is 0 Å². The average Bonchev–Trinajstić information content (AvgIpc) is 3.06. The predicted octanol–water partition coefficient (Wildman–Crippen LogP) is 1.64. The number of carbonyl (C=O) groups is 1. The van der Waals surface area contributed by atoms with Gasteiger partial charge in [-0.3, -0.25) is 4.79 Å². The van der Waals surface area contributed by atoms with Gasteiger partial charge in [-0.1, -0.05) is 18.2 Å². The molecule has 2 aromatic rings. The molecule has 0 saturated carbocycles. The van der Waals surface area contributed by atoms with Gasteiger partial charge in [0.2, 0.25) is 0 Å². The first-order valence-corrected chi connectivity index (χ1v) is 7.69. The molecule has 0 spiro atoms. The summed E-state index contributed by atoms with van der Waals surface area (Å²) in [4.78, 5) is 16.0. The molecule has 1 unspecified atom stereocenters. The second-order valence-electron chi connectivity index (χ2n) is 5.52. The monoisotopic (exact) mass is 300 g/mol. The second kappa shape index (κ2) is 6.70. The van der Waals surface area contributed by atoms with Gasteiger partial charge in [0.25, 0.3) is 5.91 Å². The Hall–Kier alpha value is -2.21. The molecule has 0 radical (unpaired) electrons. The van der Waals surface area contributed by atoms with Crippen LogP contribution in [0.15, 0.2) is 36.5 Å². The molecule has 116 valence electrons. The Balaban J connectivity index is 1.78. The second-order valence-corrected chi connectivity index (χ2v) is 5.52. The maximum absolute atomic E-state index is 12.7. The topological polar surface area (TPSA) is 71.2 Å². The van der Waals surface area contributed by atoms with Gasteiger partial charge in [-0.05, 0) is 37.8 Å². The highest BCUT2D eigenvalue weighted by Crippen LogP contribution is 2.21. The summed E-state index contributed by atoms with van der Waals surface area (Å²) < 4.78 is 0. The first-order chi connectivity index (χ1) is 10.8. The molecular weight excluding hydrogens is 280 g/mol. The first-order valence-electron chi connectivity index (χ1n) is 7.69. The summed E-state index contributed by atoms with van der Waals surface area (Å²) in [5.74, 6) is -0.0969. The third-order valence-corrected chi connectivity index (χ3v) is 4.05. The molecule has 1 aliphatic rings. The van der Waals surface area contributed by atoms with Crippen LogP contribution in [0, 0.1) is 0 Å². The van der Waals surface area contributed by atoms with E-state index in [2.05, 4.69) is 10.2 Å². The predicted molar refractivity (Wildman–Crippen MR) is 81.7 cm³/mol. The normalized spacial score (nSPS) is 18.4. The van der Waals surface area contributed by atoms with E-state index in [1.54, 1.807) is 0 Å². The van der Waals surface area contributed by atoms with Crippen LogP contribution in [-0.4, -0.2) is 50.1 Å². The summed E-state index contributed by atoms with van der Waals surface area (Å²) in [7, 11) is 0. The van der Waals surface area contributed by atoms with Crippen LogP contribution in [-0.2, 0) is 0 Å². The fraction of sp³-hybridized carbons (Fsp3) is 0.438. The van der Waals surface area contributed by atoms with E-state index in [0.29, 0.717) is 12.1 Å². The maximum Gasteiger partial charge on any atom is 0.276 e. The minimum atomic E-state index is -0.0969. The summed E-state index contributed by atoms with van der Waals surface area (Å²) >= 11 is 0. The van der Waals surface area contributed by atoms with Gasteiger partial charge in [0.15, 0.2) is 5.69 Å². The number of piperidine rings is 1. The van der Waals surface area contributed by atoms with E-state index in [0.717, 1.165) is 31.5 Å². The summed E-state index contributed by atoms with van der Waals surface area (Å²) in [5, 5.41) is 17.7. The van der Waals surface area contributed by atoms with Gasteiger partial charge in [-0.25, -0.2) is 0 Å². The third kappa shape index (κ3) is 3.01. The van der Waals surface area contributed by atoms with Crippen molar-refractivity contribution in [3.05, 3.63) is 42.2 Å². The molecule has 1 aromatic carbocycles. The minimum absolute atomic E-state index is 0.0969. The van der Waals surface area contributed by atoms with Gasteiger partial charge in [0.1, 0.15) is 0 Å². The van der Waals surface area contributed by atoms with Gasteiger partial charge >= 0.3 is 0 Å². The first kappa shape index (κ1) is 14.7. The lowest BCUT2D eigenvalue weighted by Crippen LogP contribution is -2.44. The van der Waals surface area contributed by atoms with Gasteiger partial charge < -0.3 is 10.0 Å². The third-order valence-electron chi connectivity index (χ3n) is 4.05. The number of hydrogen-bond donors (Lipinski definition) is 1. The van der Waals surface area contributed by atoms with Crippen LogP contribution >= 0.6 is 0 Å². The lowest BCUT2D eigenvalue weighted by Gasteiger charge is -2.35. The van der Waals surface area contributed by atoms with E-state index in [1.165, 1.54) is 11.0 Å². The number of nitrogens with zero attached hydrogens (tertiary/aromatic N) is 4. The summed E-state index contributed by atoms with van der Waals surface area (Å²) in [6.45, 7) is 0.826. The Morgan fingerprint density at radius 3 is 2.86 bits per heavy atom. The van der Waals surface area contributed by atoms with E-state index in [4.69, 9.17) is 0 Å². The van der Waals surface area contributed by atoms with Crippen LogP contribution < -0.4 is 0 Å². The van der Waals surface area contributed by atoms with Gasteiger partial charge in [-0.15, -0.1) is 5.10 Å². The van der Waals surface area contributed by atoms with Crippen molar-refractivity contribution >= 4 is 5.91 Å². The van der Waals surface area contributed by atoms with Crippen molar-refractivity contribution in [2.75, 3.05) is 13.2 Å². The van der Waals surface area contributed by atoms with Crippen molar-refractivity contribution in [2.24, 2.45) is 0 Å². The van der Waals surface area contributed by atoms with Crippen molar-refractivity contribution in [3.63, 3.8) is 0 Å². The number of benzene rings is 1. The summed E-state index contributed by atoms with van der Waals surface area (Å²) in [6.07, 6.45) is 5.18. The lowest BCUT2D eigenvalue weighted by atomic mass is 9.99. The van der Waals surface area contributed by atoms with Crippen molar-refractivity contribution in [2.45, 2.75) is 31.7 Å². The van der Waals surface area contributed by atoms with Crippen LogP contribution in [0.1, 0.15) is 36.2 Å². The Bertz CT molecular complexity index is 624. The average molecular weight is 300 g/mol. The molecule has 1 fully saturated rings. The van der Waals surface area contributed by atoms with Crippen molar-refractivity contribution in [1.82, 2.24) is 19.9 Å². The number of likely N-dealkylation sites (tertiary alicyclic amines) is 1. The summed E-state index contributed by atoms with van der Waals surface area (Å²) in [6, 6.07) is 9.62. The zero-order chi connectivity index (χ0) is 15.4. The molecule has 1 saturated heterocycles. The number of aliphatic hydroxyl groups is 1. The molecule has 3 rings (SSSR count). The molecule has 1 aliphatic heterocycles. The van der Waals surface area contributed by atoms with Crippen molar-refractivity contribution < 1.29 is 9.90 Å². The van der Waals surface area contributed by atoms with E-state index in [1.807, 2.05) is 35.2 Å². The number of para-hydroxylation sites is 1. The van der Waals surface area contributed by atoms with E-state index in [9.17, 15) is 9.90 Å². The number of aliphatic hydroxyl groups excluding tert-OH is 1. The number of rotatable bonds is 4. The lowest BCUT2D eigenvalue weighted by molar-refractivity contribution is 0.0568. The Labute approximate surface area is 129 Å². The van der Waals surface area contributed by atoms with Crippen molar-refractivity contribution in [1.29, 1.82) is 0 Å². The Kier molecular flexibility index (Phi) is 4.48. The van der Waals surface area contributed by atoms with Gasteiger partial charge in [0, 0.05) is 19.2 Å². The van der Waals surface area contributed by atoms with Gasteiger partial charge in [0.05, 0.1) is 11.9 Å². The molecule has 1 amide bonds. The molecule has 22 heavy (non-hydrogen) atoms. The fourth-order valence-corrected chi connectivity index (χ4v) is 2.91. The quantitative estimate of drug-likeness (QED) is 0.932. The Morgan fingerprint density at radius 2 is 2.09 bits per heavy atom. The fourth-order valence-electron chi connectivity index (χ4n) is 2.91. The molecule has 0 bridgehead atoms. The zero-order valence-corrected chi connectivity index (χ0v) is 12.4. The van der Waals surface area contributed by atoms with Crippen LogP contribution in [0.3, 0.4) is 0 Å². The number of aromatic nitrogens is 3. The molecule has 0 aliphatic carbocycles. The van der Waals surface area contributed by atoms with Crippen LogP contribution in [0.25, 0.3) is 5.69 Å². The highest BCUT2D eigenvalue weighted by Gasteiger charge is 2.28. The molecule has 2 heterocycles. The number of hydrogen-bond acceptors (Lipinski definition) is 4. The molecule has 1 N–H and O–H groups in total. The summed E-state index contributed by atoms with van der Waals surface area (Å²) in [5.41, 5.74) is 1.18. The zero-order valence-electron chi connectivity index (χ0n) is 12.4. The van der Waals surface area contributed by atoms with E-state index < -0.39 is 0 Å². The highest BCUT2D eigenvalue weighted by atomic mass is 16.3. The minimum Gasteiger partial charge on any atom is -0.396 e. The molecule has 6 nitrogen and oxygen atoms in total. The number of amides is 1. The van der Waals surface area contributed by atoms with Gasteiger partial charge in [-0.2, -0.15) is 9.90 Å². The smallest absolute Gasteiger partial charge is 0.276 e. The molecule has 1 atom stereocenters. The maximum atomic E-state index is 12.7. The van der Waals surface area contributed by atoms with E-state index in [-0.39, 0.29) is 18.6 Å². The standard InChI is InChI=1S/C16H20N4O2/c21-11-9-13-6-4-5-10-19(13)16(22)15-12-17-20(18-15)14-7-2-1-3-8-14/h1-3,7-8,12-13,21H,4-6,9-11H2. The SMILES string of the molecule is O=C(c1cnn(-c2ccccc2)n1)N1CCCCC1CCO. The number of carbonyl (C=O) groups excluding carboxylic acids is 1. The van der Waals surface area contributed by atoms with Crippen LogP contribution in [0.2, 0.25) is 0 Å². The highest BCUT2D eigenvalue weighted by molar-refractivity contribution is 5.92. The largest absolute Gasteiger partial charge is 0.396 e. The molecule has 6 heteroatoms. The van der Waals surface area contributed by atoms with E-state index >= 15 is 0 Å². The molecular formula is C16H20N4O2. The Morgan fingerprint density at radius 1 is 1.27 bits per heavy atom. The van der Waals surface area contributed by atoms with Crippen molar-refractivity contribution in [3.8, 4) is 5.69 Å².